The Labute approximate surface area is 146 Å². The summed E-state index contributed by atoms with van der Waals surface area (Å²) in [4.78, 5) is 25.3. The van der Waals surface area contributed by atoms with E-state index >= 15 is 0 Å². The Morgan fingerprint density at radius 1 is 1.58 bits per heavy atom. The fraction of sp³-hybridized carbons (Fsp3) is 0.615. The first-order valence-corrected chi connectivity index (χ1v) is 7.74. The van der Waals surface area contributed by atoms with Crippen molar-refractivity contribution in [3.8, 4) is 0 Å². The second kappa shape index (κ2) is 7.68. The summed E-state index contributed by atoms with van der Waals surface area (Å²) in [6, 6.07) is -0.788. The van der Waals surface area contributed by atoms with Gasteiger partial charge in [-0.3, -0.25) is 14.3 Å². The van der Waals surface area contributed by atoms with Crippen LogP contribution in [0.15, 0.2) is 16.2 Å². The van der Waals surface area contributed by atoms with Crippen LogP contribution >= 0.6 is 0 Å². The number of aliphatic hydroxyl groups excluding tert-OH is 1. The molecule has 13 nitrogen and oxygen atoms in total. The molecule has 0 saturated carbocycles. The van der Waals surface area contributed by atoms with E-state index in [-0.39, 0.29) is 30.3 Å². The van der Waals surface area contributed by atoms with Crippen molar-refractivity contribution in [1.29, 1.82) is 0 Å². The lowest BCUT2D eigenvalue weighted by atomic mass is 10.1. The fourth-order valence-electron chi connectivity index (χ4n) is 2.87. The van der Waals surface area contributed by atoms with Crippen molar-refractivity contribution in [2.75, 3.05) is 32.7 Å². The average Bonchev–Trinajstić information content (AvgIpc) is 3.17. The van der Waals surface area contributed by atoms with Crippen molar-refractivity contribution in [3.05, 3.63) is 27.1 Å². The van der Waals surface area contributed by atoms with E-state index in [9.17, 15) is 9.90 Å². The summed E-state index contributed by atoms with van der Waals surface area (Å²) in [7, 11) is 1.52. The van der Waals surface area contributed by atoms with Gasteiger partial charge in [0.15, 0.2) is 17.4 Å². The quantitative estimate of drug-likeness (QED) is 0.248. The maximum absolute atomic E-state index is 12.0. The van der Waals surface area contributed by atoms with Crippen LogP contribution in [0.25, 0.3) is 21.6 Å². The van der Waals surface area contributed by atoms with E-state index in [1.54, 1.807) is 0 Å². The van der Waals surface area contributed by atoms with Gasteiger partial charge in [0.05, 0.1) is 38.3 Å². The third-order valence-electron chi connectivity index (χ3n) is 4.00. The molecule has 0 aliphatic carbocycles. The van der Waals surface area contributed by atoms with Crippen LogP contribution in [-0.2, 0) is 14.2 Å². The SMILES string of the molecule is COCCO[C@@H]1C(N=[N+]=[N-])[C@@H](CO)O[C@H]1n1cnc2c(=O)[nH]c(N)nc21. The maximum Gasteiger partial charge on any atom is 0.280 e. The van der Waals surface area contributed by atoms with Gasteiger partial charge in [-0.2, -0.15) is 4.98 Å². The largest absolute Gasteiger partial charge is 0.394 e. The van der Waals surface area contributed by atoms with E-state index in [2.05, 4.69) is 25.0 Å². The van der Waals surface area contributed by atoms with Crippen molar-refractivity contribution in [1.82, 2.24) is 19.5 Å². The number of nitrogens with two attached hydrogens (primary N) is 1. The molecule has 0 bridgehead atoms. The lowest BCUT2D eigenvalue weighted by Gasteiger charge is -2.22. The summed E-state index contributed by atoms with van der Waals surface area (Å²) in [6.45, 7) is 0.137. The topological polar surface area (TPSA) is 186 Å². The summed E-state index contributed by atoms with van der Waals surface area (Å²) >= 11 is 0. The van der Waals surface area contributed by atoms with E-state index in [1.807, 2.05) is 0 Å². The Balaban J connectivity index is 2.03. The molecule has 1 aliphatic rings. The first-order chi connectivity index (χ1) is 12.6. The number of azide groups is 1. The first-order valence-electron chi connectivity index (χ1n) is 7.74. The van der Waals surface area contributed by atoms with Crippen LogP contribution in [0.1, 0.15) is 6.23 Å². The number of H-pyrrole nitrogens is 1. The van der Waals surface area contributed by atoms with Gasteiger partial charge in [0.2, 0.25) is 5.95 Å². The number of hydrogen-bond acceptors (Lipinski definition) is 9. The number of anilines is 1. The molecular formula is C13H18N8O5. The molecule has 3 heterocycles. The molecule has 3 rings (SSSR count). The van der Waals surface area contributed by atoms with Gasteiger partial charge in [0.1, 0.15) is 6.10 Å². The number of nitrogens with one attached hydrogen (secondary N) is 1. The van der Waals surface area contributed by atoms with Crippen LogP contribution < -0.4 is 11.3 Å². The minimum absolute atomic E-state index is 0.0752. The van der Waals surface area contributed by atoms with Gasteiger partial charge in [0, 0.05) is 12.0 Å². The van der Waals surface area contributed by atoms with Crippen LogP contribution in [0, 0.1) is 0 Å². The molecular weight excluding hydrogens is 348 g/mol. The lowest BCUT2D eigenvalue weighted by Crippen LogP contribution is -2.34. The second-order valence-electron chi connectivity index (χ2n) is 5.55. The van der Waals surface area contributed by atoms with E-state index in [4.69, 9.17) is 25.5 Å². The third kappa shape index (κ3) is 3.21. The molecule has 140 valence electrons. The van der Waals surface area contributed by atoms with Crippen molar-refractivity contribution in [2.45, 2.75) is 24.5 Å². The van der Waals surface area contributed by atoms with E-state index in [1.165, 1.54) is 18.0 Å². The van der Waals surface area contributed by atoms with Crippen LogP contribution in [-0.4, -0.2) is 69.8 Å². The predicted molar refractivity (Wildman–Crippen MR) is 88.1 cm³/mol. The van der Waals surface area contributed by atoms with Crippen molar-refractivity contribution >= 4 is 17.1 Å². The summed E-state index contributed by atoms with van der Waals surface area (Å²) in [5, 5.41) is 13.3. The lowest BCUT2D eigenvalue weighted by molar-refractivity contribution is -0.0752. The van der Waals surface area contributed by atoms with Gasteiger partial charge in [0.25, 0.3) is 5.56 Å². The predicted octanol–water partition coefficient (Wildman–Crippen LogP) is -0.698. The fourth-order valence-corrected chi connectivity index (χ4v) is 2.87. The number of aliphatic hydroxyl groups is 1. The van der Waals surface area contributed by atoms with E-state index < -0.39 is 30.0 Å². The molecule has 4 atom stereocenters. The van der Waals surface area contributed by atoms with Crippen LogP contribution in [0.2, 0.25) is 0 Å². The number of ether oxygens (including phenoxy) is 3. The number of methoxy groups -OCH3 is 1. The highest BCUT2D eigenvalue weighted by atomic mass is 16.6. The number of nitrogen functional groups attached to an aromatic ring is 1. The number of aromatic nitrogens is 4. The highest BCUT2D eigenvalue weighted by Gasteiger charge is 2.46. The van der Waals surface area contributed by atoms with Crippen molar-refractivity contribution in [2.24, 2.45) is 5.11 Å². The minimum Gasteiger partial charge on any atom is -0.394 e. The number of aromatic amines is 1. The number of fused-ring (bicyclic) bond motifs is 1. The van der Waals surface area contributed by atoms with Crippen LogP contribution in [0.3, 0.4) is 0 Å². The molecule has 1 fully saturated rings. The molecule has 2 aromatic heterocycles. The molecule has 0 aromatic carbocycles. The standard InChI is InChI=1S/C13H18N8O5/c1-24-2-3-25-9-7(19-20-15)6(4-22)26-12(9)21-5-16-8-10(21)17-13(14)18-11(8)23/h5-7,9,12,22H,2-4H2,1H3,(H3,14,17,18,23)/t6-,7?,9-,12-/m1/s1. The molecule has 2 aromatic rings. The Hall–Kier alpha value is -2.70. The Morgan fingerprint density at radius 2 is 2.38 bits per heavy atom. The summed E-state index contributed by atoms with van der Waals surface area (Å²) in [5.41, 5.74) is 14.2. The van der Waals surface area contributed by atoms with Gasteiger partial charge in [-0.1, -0.05) is 5.11 Å². The van der Waals surface area contributed by atoms with Gasteiger partial charge >= 0.3 is 0 Å². The van der Waals surface area contributed by atoms with Gasteiger partial charge in [-0.25, -0.2) is 4.98 Å². The monoisotopic (exact) mass is 366 g/mol. The molecule has 0 spiro atoms. The van der Waals surface area contributed by atoms with Gasteiger partial charge in [-0.15, -0.1) is 0 Å². The first kappa shape index (κ1) is 18.1. The smallest absolute Gasteiger partial charge is 0.280 e. The molecule has 1 saturated heterocycles. The van der Waals surface area contributed by atoms with Crippen LogP contribution in [0.5, 0.6) is 0 Å². The third-order valence-corrected chi connectivity index (χ3v) is 4.00. The Morgan fingerprint density at radius 3 is 3.08 bits per heavy atom. The van der Waals surface area contributed by atoms with Gasteiger partial charge < -0.3 is 25.1 Å². The molecule has 13 heteroatoms. The molecule has 4 N–H and O–H groups in total. The molecule has 0 radical (unpaired) electrons. The molecule has 1 aliphatic heterocycles. The molecule has 26 heavy (non-hydrogen) atoms. The highest BCUT2D eigenvalue weighted by Crippen LogP contribution is 2.35. The van der Waals surface area contributed by atoms with Gasteiger partial charge in [-0.05, 0) is 5.53 Å². The molecule has 1 unspecified atom stereocenters. The number of hydrogen-bond donors (Lipinski definition) is 3. The minimum atomic E-state index is -0.835. The normalized spacial score (nSPS) is 25.5. The highest BCUT2D eigenvalue weighted by molar-refractivity contribution is 5.70. The Kier molecular flexibility index (Phi) is 5.35. The zero-order valence-corrected chi connectivity index (χ0v) is 13.8. The van der Waals surface area contributed by atoms with Crippen LogP contribution in [0.4, 0.5) is 5.95 Å². The molecule has 0 amide bonds. The number of rotatable bonds is 7. The zero-order chi connectivity index (χ0) is 18.7. The summed E-state index contributed by atoms with van der Waals surface area (Å²) in [6.07, 6.45) is -1.02. The number of imidazole rings is 1. The maximum atomic E-state index is 12.0. The summed E-state index contributed by atoms with van der Waals surface area (Å²) in [5.74, 6) is -0.0793. The summed E-state index contributed by atoms with van der Waals surface area (Å²) < 4.78 is 18.0. The average molecular weight is 366 g/mol. The zero-order valence-electron chi connectivity index (χ0n) is 13.8. The van der Waals surface area contributed by atoms with E-state index in [0.29, 0.717) is 6.61 Å². The number of nitrogens with zero attached hydrogens (tertiary/aromatic N) is 6. The second-order valence-corrected chi connectivity index (χ2v) is 5.55. The Bertz CT molecular complexity index is 875. The van der Waals surface area contributed by atoms with E-state index in [0.717, 1.165) is 0 Å². The van der Waals surface area contributed by atoms with Crippen molar-refractivity contribution < 1.29 is 19.3 Å². The van der Waals surface area contributed by atoms with Crippen molar-refractivity contribution in [3.63, 3.8) is 0 Å².